The zero-order valence-electron chi connectivity index (χ0n) is 15.7. The third-order valence-electron chi connectivity index (χ3n) is 5.86. The van der Waals surface area contributed by atoms with Gasteiger partial charge < -0.3 is 5.32 Å². The van der Waals surface area contributed by atoms with Gasteiger partial charge >= 0.3 is 0 Å². The van der Waals surface area contributed by atoms with Gasteiger partial charge in [-0.15, -0.1) is 0 Å². The number of imide groups is 1. The Kier molecular flexibility index (Phi) is 4.12. The van der Waals surface area contributed by atoms with Crippen molar-refractivity contribution in [1.29, 1.82) is 0 Å². The highest BCUT2D eigenvalue weighted by molar-refractivity contribution is 6.21. The molecule has 3 amide bonds. The minimum Gasteiger partial charge on any atom is -0.324 e. The van der Waals surface area contributed by atoms with Crippen molar-refractivity contribution in [1.82, 2.24) is 9.88 Å². The summed E-state index contributed by atoms with van der Waals surface area (Å²) in [6.07, 6.45) is 3.46. The summed E-state index contributed by atoms with van der Waals surface area (Å²) in [7, 11) is 0. The van der Waals surface area contributed by atoms with Gasteiger partial charge in [0.05, 0.1) is 22.3 Å². The molecule has 0 spiro atoms. The average Bonchev–Trinajstić information content (AvgIpc) is 3.32. The summed E-state index contributed by atoms with van der Waals surface area (Å²) >= 11 is 0. The van der Waals surface area contributed by atoms with Crippen molar-refractivity contribution >= 4 is 34.3 Å². The van der Waals surface area contributed by atoms with Crippen LogP contribution in [0.4, 0.5) is 5.69 Å². The standard InChI is InChI=1S/C23H19N3O3/c27-21(25-19-9-3-5-14-6-4-12-24-20(14)19)15-10-11-16(13-15)26-22(28)17-7-1-2-8-18(17)23(26)29/h1-9,12,15-16H,10-11,13H2,(H,25,27)/t15-,16-/m0/s1. The van der Waals surface area contributed by atoms with E-state index in [1.54, 1.807) is 30.5 Å². The van der Waals surface area contributed by atoms with Crippen molar-refractivity contribution in [2.24, 2.45) is 5.92 Å². The summed E-state index contributed by atoms with van der Waals surface area (Å²) in [4.78, 5) is 44.0. The topological polar surface area (TPSA) is 79.4 Å². The molecule has 1 saturated carbocycles. The lowest BCUT2D eigenvalue weighted by Crippen LogP contribution is -2.38. The average molecular weight is 385 g/mol. The highest BCUT2D eigenvalue weighted by atomic mass is 16.2. The molecule has 6 heteroatoms. The summed E-state index contributed by atoms with van der Waals surface area (Å²) in [5.74, 6) is -0.852. The highest BCUT2D eigenvalue weighted by Crippen LogP contribution is 2.35. The van der Waals surface area contributed by atoms with Gasteiger partial charge in [-0.25, -0.2) is 0 Å². The second-order valence-electron chi connectivity index (χ2n) is 7.56. The van der Waals surface area contributed by atoms with Crippen LogP contribution in [0, 0.1) is 5.92 Å². The smallest absolute Gasteiger partial charge is 0.261 e. The number of nitrogens with zero attached hydrogens (tertiary/aromatic N) is 2. The van der Waals surface area contributed by atoms with E-state index in [9.17, 15) is 14.4 Å². The van der Waals surface area contributed by atoms with Crippen LogP contribution >= 0.6 is 0 Å². The number of carbonyl (C=O) groups is 3. The number of amides is 3. The molecule has 5 rings (SSSR count). The molecule has 0 unspecified atom stereocenters. The molecule has 0 bridgehead atoms. The zero-order valence-corrected chi connectivity index (χ0v) is 15.7. The Morgan fingerprint density at radius 3 is 2.41 bits per heavy atom. The second-order valence-corrected chi connectivity index (χ2v) is 7.56. The van der Waals surface area contributed by atoms with Gasteiger partial charge in [-0.2, -0.15) is 0 Å². The van der Waals surface area contributed by atoms with Gasteiger partial charge in [0, 0.05) is 23.5 Å². The minimum absolute atomic E-state index is 0.0951. The maximum Gasteiger partial charge on any atom is 0.261 e. The van der Waals surface area contributed by atoms with Crippen LogP contribution in [-0.2, 0) is 4.79 Å². The van der Waals surface area contributed by atoms with E-state index in [2.05, 4.69) is 10.3 Å². The molecule has 2 aromatic carbocycles. The number of hydrogen-bond acceptors (Lipinski definition) is 4. The number of fused-ring (bicyclic) bond motifs is 2. The van der Waals surface area contributed by atoms with Crippen LogP contribution in [0.1, 0.15) is 40.0 Å². The predicted octanol–water partition coefficient (Wildman–Crippen LogP) is 3.64. The van der Waals surface area contributed by atoms with Crippen molar-refractivity contribution in [3.8, 4) is 0 Å². The third kappa shape index (κ3) is 2.88. The molecule has 0 saturated heterocycles. The van der Waals surface area contributed by atoms with Crippen LogP contribution in [0.3, 0.4) is 0 Å². The lowest BCUT2D eigenvalue weighted by molar-refractivity contribution is -0.119. The minimum atomic E-state index is -0.255. The summed E-state index contributed by atoms with van der Waals surface area (Å²) in [6, 6.07) is 16.1. The van der Waals surface area contributed by atoms with Gasteiger partial charge in [0.25, 0.3) is 11.8 Å². The van der Waals surface area contributed by atoms with Crippen molar-refractivity contribution in [3.05, 3.63) is 71.9 Å². The van der Waals surface area contributed by atoms with Gasteiger partial charge in [0.2, 0.25) is 5.91 Å². The van der Waals surface area contributed by atoms with Crippen molar-refractivity contribution in [2.45, 2.75) is 25.3 Å². The second kappa shape index (κ2) is 6.81. The number of hydrogen-bond donors (Lipinski definition) is 1. The number of nitrogens with one attached hydrogen (secondary N) is 1. The van der Waals surface area contributed by atoms with E-state index in [0.29, 0.717) is 36.1 Å². The summed E-state index contributed by atoms with van der Waals surface area (Å²) < 4.78 is 0. The Balaban J connectivity index is 1.32. The van der Waals surface area contributed by atoms with E-state index in [4.69, 9.17) is 0 Å². The number of benzene rings is 2. The fraction of sp³-hybridized carbons (Fsp3) is 0.217. The first-order chi connectivity index (χ1) is 14.1. The Hall–Kier alpha value is -3.54. The SMILES string of the molecule is O=C(Nc1cccc2cccnc12)[C@H]1CC[C@H](N2C(=O)c3ccccc3C2=O)C1. The maximum atomic E-state index is 12.9. The van der Waals surface area contributed by atoms with Crippen LogP contribution in [-0.4, -0.2) is 33.6 Å². The quantitative estimate of drug-likeness (QED) is 0.698. The fourth-order valence-corrected chi connectivity index (χ4v) is 4.41. The Labute approximate surface area is 167 Å². The third-order valence-corrected chi connectivity index (χ3v) is 5.86. The molecule has 3 aromatic rings. The molecule has 1 N–H and O–H groups in total. The van der Waals surface area contributed by atoms with Gasteiger partial charge in [-0.1, -0.05) is 30.3 Å². The van der Waals surface area contributed by atoms with Crippen molar-refractivity contribution in [3.63, 3.8) is 0 Å². The summed E-state index contributed by atoms with van der Waals surface area (Å²) in [5, 5.41) is 3.95. The van der Waals surface area contributed by atoms with Gasteiger partial charge in [0.1, 0.15) is 0 Å². The normalized spacial score (nSPS) is 20.9. The van der Waals surface area contributed by atoms with E-state index in [-0.39, 0.29) is 29.7 Å². The molecule has 6 nitrogen and oxygen atoms in total. The number of rotatable bonds is 3. The monoisotopic (exact) mass is 385 g/mol. The molecule has 1 aliphatic carbocycles. The first-order valence-corrected chi connectivity index (χ1v) is 9.75. The molecule has 0 radical (unpaired) electrons. The van der Waals surface area contributed by atoms with E-state index < -0.39 is 0 Å². The molecule has 1 aromatic heterocycles. The van der Waals surface area contributed by atoms with Crippen LogP contribution in [0.25, 0.3) is 10.9 Å². The lowest BCUT2D eigenvalue weighted by Gasteiger charge is -2.22. The number of carbonyl (C=O) groups excluding carboxylic acids is 3. The molecular weight excluding hydrogens is 366 g/mol. The van der Waals surface area contributed by atoms with Gasteiger partial charge in [0.15, 0.2) is 0 Å². The molecule has 29 heavy (non-hydrogen) atoms. The van der Waals surface area contributed by atoms with Crippen LogP contribution in [0.2, 0.25) is 0 Å². The Morgan fingerprint density at radius 2 is 1.66 bits per heavy atom. The van der Waals surface area contributed by atoms with Gasteiger partial charge in [-0.05, 0) is 43.5 Å². The van der Waals surface area contributed by atoms with Crippen LogP contribution in [0.5, 0.6) is 0 Å². The maximum absolute atomic E-state index is 12.9. The predicted molar refractivity (Wildman–Crippen MR) is 108 cm³/mol. The molecule has 2 aliphatic rings. The summed E-state index contributed by atoms with van der Waals surface area (Å²) in [6.45, 7) is 0. The first-order valence-electron chi connectivity index (χ1n) is 9.75. The number of para-hydroxylation sites is 1. The van der Waals surface area contributed by atoms with Crippen molar-refractivity contribution in [2.75, 3.05) is 5.32 Å². The van der Waals surface area contributed by atoms with E-state index in [1.807, 2.05) is 30.3 Å². The fourth-order valence-electron chi connectivity index (χ4n) is 4.41. The molecule has 2 atom stereocenters. The molecule has 144 valence electrons. The largest absolute Gasteiger partial charge is 0.324 e. The molecule has 2 heterocycles. The molecule has 1 aliphatic heterocycles. The molecule has 1 fully saturated rings. The Morgan fingerprint density at radius 1 is 0.931 bits per heavy atom. The van der Waals surface area contributed by atoms with Crippen molar-refractivity contribution < 1.29 is 14.4 Å². The highest BCUT2D eigenvalue weighted by Gasteiger charge is 2.43. The Bertz CT molecular complexity index is 1120. The van der Waals surface area contributed by atoms with Gasteiger partial charge in [-0.3, -0.25) is 24.3 Å². The number of pyridine rings is 1. The van der Waals surface area contributed by atoms with Crippen LogP contribution < -0.4 is 5.32 Å². The van der Waals surface area contributed by atoms with Crippen LogP contribution in [0.15, 0.2) is 60.8 Å². The lowest BCUT2D eigenvalue weighted by atomic mass is 10.1. The van der Waals surface area contributed by atoms with E-state index in [0.717, 1.165) is 10.9 Å². The first kappa shape index (κ1) is 17.6. The molecular formula is C23H19N3O3. The number of aromatic nitrogens is 1. The van der Waals surface area contributed by atoms with E-state index in [1.165, 1.54) is 4.90 Å². The summed E-state index contributed by atoms with van der Waals surface area (Å²) in [5.41, 5.74) is 2.33. The number of anilines is 1. The van der Waals surface area contributed by atoms with E-state index >= 15 is 0 Å². The zero-order chi connectivity index (χ0) is 20.0.